The highest BCUT2D eigenvalue weighted by atomic mass is 16.1. The fourth-order valence-corrected chi connectivity index (χ4v) is 2.21. The zero-order valence-corrected chi connectivity index (χ0v) is 12.0. The van der Waals surface area contributed by atoms with Crippen LogP contribution in [0.2, 0.25) is 0 Å². The number of rotatable bonds is 5. The molecule has 19 heavy (non-hydrogen) atoms. The van der Waals surface area contributed by atoms with E-state index in [2.05, 4.69) is 38.0 Å². The minimum atomic E-state index is -0.228. The first-order valence-electron chi connectivity index (χ1n) is 6.48. The van der Waals surface area contributed by atoms with Gasteiger partial charge in [0.05, 0.1) is 11.6 Å². The van der Waals surface area contributed by atoms with E-state index in [0.717, 1.165) is 6.42 Å². The van der Waals surface area contributed by atoms with Crippen LogP contribution in [-0.4, -0.2) is 17.4 Å². The molecule has 1 aromatic heterocycles. The third-order valence-corrected chi connectivity index (χ3v) is 2.81. The summed E-state index contributed by atoms with van der Waals surface area (Å²) < 4.78 is 0. The van der Waals surface area contributed by atoms with Crippen molar-refractivity contribution in [3.05, 3.63) is 29.6 Å². The second kappa shape index (κ2) is 6.33. The number of hydrogen-bond acceptors (Lipinski definition) is 3. The van der Waals surface area contributed by atoms with E-state index in [9.17, 15) is 4.79 Å². The smallest absolute Gasteiger partial charge is 0.269 e. The topological polar surface area (TPSA) is 65.8 Å². The molecule has 1 N–H and O–H groups in total. The summed E-state index contributed by atoms with van der Waals surface area (Å²) >= 11 is 0. The Morgan fingerprint density at radius 2 is 2.21 bits per heavy atom. The lowest BCUT2D eigenvalue weighted by molar-refractivity contribution is 0.0926. The number of carbonyl (C=O) groups is 1. The maximum absolute atomic E-state index is 12.0. The van der Waals surface area contributed by atoms with Gasteiger partial charge >= 0.3 is 0 Å². The third-order valence-electron chi connectivity index (χ3n) is 2.81. The zero-order valence-electron chi connectivity index (χ0n) is 12.0. The Morgan fingerprint density at radius 1 is 1.53 bits per heavy atom. The van der Waals surface area contributed by atoms with Crippen molar-refractivity contribution in [1.29, 1.82) is 5.26 Å². The molecular weight excluding hydrogens is 238 g/mol. The molecule has 0 saturated carbocycles. The number of amides is 1. The van der Waals surface area contributed by atoms with E-state index in [0.29, 0.717) is 23.7 Å². The fraction of sp³-hybridized carbons (Fsp3) is 0.533. The van der Waals surface area contributed by atoms with Crippen LogP contribution in [0.4, 0.5) is 0 Å². The summed E-state index contributed by atoms with van der Waals surface area (Å²) in [4.78, 5) is 15.9. The van der Waals surface area contributed by atoms with E-state index in [1.165, 1.54) is 12.3 Å². The van der Waals surface area contributed by atoms with Crippen molar-refractivity contribution in [3.63, 3.8) is 0 Å². The van der Waals surface area contributed by atoms with Crippen LogP contribution in [0, 0.1) is 22.7 Å². The number of nitrogens with zero attached hydrogens (tertiary/aromatic N) is 2. The number of carbonyl (C=O) groups excluding carboxylic acids is 1. The summed E-state index contributed by atoms with van der Waals surface area (Å²) in [6.45, 7) is 9.20. The average molecular weight is 259 g/mol. The monoisotopic (exact) mass is 259 g/mol. The number of nitriles is 1. The van der Waals surface area contributed by atoms with Crippen molar-refractivity contribution in [2.24, 2.45) is 11.3 Å². The summed E-state index contributed by atoms with van der Waals surface area (Å²) in [5.41, 5.74) is 0.789. The van der Waals surface area contributed by atoms with Crippen LogP contribution in [0.15, 0.2) is 18.3 Å². The standard InChI is InChI=1S/C15H21N3O/c1-11(2)8-15(3,4)10-18-14(19)13-7-12(9-16)5-6-17-13/h5-7,11H,8,10H2,1-4H3,(H,18,19). The van der Waals surface area contributed by atoms with Crippen molar-refractivity contribution in [1.82, 2.24) is 10.3 Å². The van der Waals surface area contributed by atoms with Crippen molar-refractivity contribution in [2.45, 2.75) is 34.1 Å². The summed E-state index contributed by atoms with van der Waals surface area (Å²) in [7, 11) is 0. The molecule has 1 amide bonds. The van der Waals surface area contributed by atoms with Gasteiger partial charge in [-0.1, -0.05) is 27.7 Å². The molecule has 0 aliphatic heterocycles. The van der Waals surface area contributed by atoms with Crippen LogP contribution in [0.5, 0.6) is 0 Å². The number of hydrogen-bond donors (Lipinski definition) is 1. The molecule has 1 rings (SSSR count). The van der Waals surface area contributed by atoms with Crippen LogP contribution in [0.25, 0.3) is 0 Å². The van der Waals surface area contributed by atoms with Crippen molar-refractivity contribution in [2.75, 3.05) is 6.54 Å². The summed E-state index contributed by atoms with van der Waals surface area (Å²) in [6.07, 6.45) is 2.52. The van der Waals surface area contributed by atoms with Gasteiger partial charge in [0.25, 0.3) is 5.91 Å². The maximum atomic E-state index is 12.0. The molecule has 102 valence electrons. The van der Waals surface area contributed by atoms with Gasteiger partial charge in [0.1, 0.15) is 5.69 Å². The molecule has 0 aliphatic rings. The highest BCUT2D eigenvalue weighted by Crippen LogP contribution is 2.24. The first-order valence-corrected chi connectivity index (χ1v) is 6.48. The number of pyridine rings is 1. The van der Waals surface area contributed by atoms with Crippen LogP contribution in [0.1, 0.15) is 50.2 Å². The Hall–Kier alpha value is -1.89. The summed E-state index contributed by atoms with van der Waals surface area (Å²) in [5, 5.41) is 11.7. The van der Waals surface area contributed by atoms with E-state index >= 15 is 0 Å². The molecule has 0 unspecified atom stereocenters. The van der Waals surface area contributed by atoms with Gasteiger partial charge in [-0.25, -0.2) is 0 Å². The minimum absolute atomic E-state index is 0.0522. The number of aromatic nitrogens is 1. The van der Waals surface area contributed by atoms with Gasteiger partial charge in [0.2, 0.25) is 0 Å². The first-order chi connectivity index (χ1) is 8.84. The van der Waals surface area contributed by atoms with Crippen molar-refractivity contribution >= 4 is 5.91 Å². The Balaban J connectivity index is 2.63. The van der Waals surface area contributed by atoms with Crippen LogP contribution >= 0.6 is 0 Å². The van der Waals surface area contributed by atoms with Crippen molar-refractivity contribution < 1.29 is 4.79 Å². The van der Waals surface area contributed by atoms with Gasteiger partial charge in [-0.05, 0) is 29.9 Å². The molecule has 1 heterocycles. The molecule has 0 bridgehead atoms. The third kappa shape index (κ3) is 5.09. The lowest BCUT2D eigenvalue weighted by Gasteiger charge is -2.26. The van der Waals surface area contributed by atoms with Crippen molar-refractivity contribution in [3.8, 4) is 6.07 Å². The first kappa shape index (κ1) is 15.2. The molecule has 0 spiro atoms. The largest absolute Gasteiger partial charge is 0.350 e. The molecule has 1 aromatic rings. The highest BCUT2D eigenvalue weighted by molar-refractivity contribution is 5.92. The second-order valence-electron chi connectivity index (χ2n) is 5.99. The van der Waals surface area contributed by atoms with E-state index < -0.39 is 0 Å². The normalized spacial score (nSPS) is 11.2. The Bertz CT molecular complexity index is 486. The molecule has 0 fully saturated rings. The molecule has 0 aliphatic carbocycles. The predicted octanol–water partition coefficient (Wildman–Crippen LogP) is 2.76. The second-order valence-corrected chi connectivity index (χ2v) is 5.99. The number of nitrogens with one attached hydrogen (secondary N) is 1. The molecule has 0 aromatic carbocycles. The van der Waals surface area contributed by atoms with Crippen LogP contribution < -0.4 is 5.32 Å². The van der Waals surface area contributed by atoms with E-state index in [4.69, 9.17) is 5.26 Å². The Kier molecular flexibility index (Phi) is 5.05. The quantitative estimate of drug-likeness (QED) is 0.884. The highest BCUT2D eigenvalue weighted by Gasteiger charge is 2.21. The average Bonchev–Trinajstić information content (AvgIpc) is 2.34. The van der Waals surface area contributed by atoms with Gasteiger partial charge in [-0.3, -0.25) is 9.78 Å². The molecule has 4 heteroatoms. The summed E-state index contributed by atoms with van der Waals surface area (Å²) in [5.74, 6) is 0.362. The predicted molar refractivity (Wildman–Crippen MR) is 74.5 cm³/mol. The Labute approximate surface area is 114 Å². The van der Waals surface area contributed by atoms with Gasteiger partial charge in [-0.15, -0.1) is 0 Å². The van der Waals surface area contributed by atoms with Gasteiger partial charge in [0, 0.05) is 12.7 Å². The zero-order chi connectivity index (χ0) is 14.5. The van der Waals surface area contributed by atoms with E-state index in [1.807, 2.05) is 6.07 Å². The van der Waals surface area contributed by atoms with E-state index in [1.54, 1.807) is 6.07 Å². The Morgan fingerprint density at radius 3 is 2.79 bits per heavy atom. The summed E-state index contributed by atoms with van der Waals surface area (Å²) in [6, 6.07) is 5.09. The van der Waals surface area contributed by atoms with Gasteiger partial charge in [-0.2, -0.15) is 5.26 Å². The molecule has 0 saturated heterocycles. The minimum Gasteiger partial charge on any atom is -0.350 e. The van der Waals surface area contributed by atoms with Gasteiger partial charge in [0.15, 0.2) is 0 Å². The lowest BCUT2D eigenvalue weighted by atomic mass is 9.84. The van der Waals surface area contributed by atoms with Crippen LogP contribution in [-0.2, 0) is 0 Å². The molecule has 0 radical (unpaired) electrons. The van der Waals surface area contributed by atoms with Crippen LogP contribution in [0.3, 0.4) is 0 Å². The molecule has 0 atom stereocenters. The maximum Gasteiger partial charge on any atom is 0.269 e. The van der Waals surface area contributed by atoms with E-state index in [-0.39, 0.29) is 11.3 Å². The lowest BCUT2D eigenvalue weighted by Crippen LogP contribution is -2.35. The SMILES string of the molecule is CC(C)CC(C)(C)CNC(=O)c1cc(C#N)ccn1. The fourth-order valence-electron chi connectivity index (χ4n) is 2.21. The molecule has 4 nitrogen and oxygen atoms in total. The molecular formula is C15H21N3O. The van der Waals surface area contributed by atoms with Gasteiger partial charge < -0.3 is 5.32 Å².